The lowest BCUT2D eigenvalue weighted by atomic mass is 9.76. The van der Waals surface area contributed by atoms with E-state index in [4.69, 9.17) is 14.2 Å². The Bertz CT molecular complexity index is 1320. The molecule has 1 N–H and O–H groups in total. The Kier molecular flexibility index (Phi) is 6.16. The normalized spacial score (nSPS) is 21.7. The number of nitrogens with zero attached hydrogens (tertiary/aromatic N) is 2. The number of carbonyl (C=O) groups is 2. The van der Waals surface area contributed by atoms with Crippen LogP contribution in [0.3, 0.4) is 0 Å². The van der Waals surface area contributed by atoms with Gasteiger partial charge in [-0.2, -0.15) is 0 Å². The summed E-state index contributed by atoms with van der Waals surface area (Å²) in [6, 6.07) is 14.0. The minimum absolute atomic E-state index is 0.0124. The second kappa shape index (κ2) is 9.17. The van der Waals surface area contributed by atoms with Crippen LogP contribution in [0.25, 0.3) is 10.9 Å². The molecule has 3 aromatic rings. The van der Waals surface area contributed by atoms with Crippen LogP contribution in [0.1, 0.15) is 43.5 Å². The van der Waals surface area contributed by atoms with Gasteiger partial charge in [-0.3, -0.25) is 9.59 Å². The maximum atomic E-state index is 13.9. The zero-order valence-corrected chi connectivity index (χ0v) is 21.5. The van der Waals surface area contributed by atoms with E-state index in [0.717, 1.165) is 27.7 Å². The third-order valence-electron chi connectivity index (χ3n) is 7.34. The number of piperazine rings is 1. The maximum absolute atomic E-state index is 13.9. The van der Waals surface area contributed by atoms with E-state index in [1.807, 2.05) is 57.2 Å². The third-order valence-corrected chi connectivity index (χ3v) is 7.34. The molecule has 0 radical (unpaired) electrons. The molecule has 8 nitrogen and oxygen atoms in total. The first-order chi connectivity index (χ1) is 17.3. The van der Waals surface area contributed by atoms with Crippen molar-refractivity contribution in [3.8, 4) is 11.5 Å². The van der Waals surface area contributed by atoms with E-state index in [1.54, 1.807) is 24.0 Å². The number of methoxy groups -OCH3 is 2. The van der Waals surface area contributed by atoms with Crippen molar-refractivity contribution in [1.29, 1.82) is 0 Å². The SMILES string of the molecule is COCCN1CC(=O)N2CC(c3ccc(OC(C)C)c(OC)c3)c3c([nH]c4ccccc34)[C@@]2(C)C1=O. The molecule has 2 amide bonds. The second-order valence-electron chi connectivity index (χ2n) is 9.88. The summed E-state index contributed by atoms with van der Waals surface area (Å²) in [7, 11) is 3.22. The summed E-state index contributed by atoms with van der Waals surface area (Å²) in [6.45, 7) is 6.99. The van der Waals surface area contributed by atoms with Crippen LogP contribution in [0.15, 0.2) is 42.5 Å². The Labute approximate surface area is 211 Å². The van der Waals surface area contributed by atoms with Gasteiger partial charge in [0, 0.05) is 37.0 Å². The number of amides is 2. The number of aromatic amines is 1. The Morgan fingerprint density at radius 1 is 1.11 bits per heavy atom. The molecule has 1 saturated heterocycles. The van der Waals surface area contributed by atoms with Gasteiger partial charge in [0.1, 0.15) is 0 Å². The summed E-state index contributed by atoms with van der Waals surface area (Å²) in [5.41, 5.74) is 2.62. The molecular weight excluding hydrogens is 458 g/mol. The molecule has 3 heterocycles. The van der Waals surface area contributed by atoms with Crippen LogP contribution in [-0.2, 0) is 19.9 Å². The molecule has 0 saturated carbocycles. The third kappa shape index (κ3) is 3.71. The first-order valence-electron chi connectivity index (χ1n) is 12.3. The van der Waals surface area contributed by atoms with Crippen molar-refractivity contribution < 1.29 is 23.8 Å². The molecule has 5 rings (SSSR count). The van der Waals surface area contributed by atoms with Gasteiger partial charge in [0.2, 0.25) is 5.91 Å². The fourth-order valence-electron chi connectivity index (χ4n) is 5.61. The number of para-hydroxylation sites is 1. The van der Waals surface area contributed by atoms with Gasteiger partial charge in [-0.1, -0.05) is 24.3 Å². The first kappa shape index (κ1) is 24.2. The summed E-state index contributed by atoms with van der Waals surface area (Å²) in [5, 5.41) is 1.05. The average molecular weight is 492 g/mol. The molecule has 0 spiro atoms. The smallest absolute Gasteiger partial charge is 0.255 e. The number of H-pyrrole nitrogens is 1. The molecule has 8 heteroatoms. The lowest BCUT2D eigenvalue weighted by molar-refractivity contribution is -0.166. The van der Waals surface area contributed by atoms with E-state index in [1.165, 1.54) is 0 Å². The predicted octanol–water partition coefficient (Wildman–Crippen LogP) is 3.64. The number of hydrogen-bond acceptors (Lipinski definition) is 5. The molecule has 36 heavy (non-hydrogen) atoms. The van der Waals surface area contributed by atoms with E-state index in [2.05, 4.69) is 11.1 Å². The van der Waals surface area contributed by atoms with Crippen molar-refractivity contribution in [1.82, 2.24) is 14.8 Å². The molecule has 2 atom stereocenters. The van der Waals surface area contributed by atoms with Gasteiger partial charge in [0.05, 0.1) is 32.1 Å². The van der Waals surface area contributed by atoms with Crippen molar-refractivity contribution >= 4 is 22.7 Å². The highest BCUT2D eigenvalue weighted by atomic mass is 16.5. The zero-order chi connectivity index (χ0) is 25.6. The average Bonchev–Trinajstić information content (AvgIpc) is 3.26. The van der Waals surface area contributed by atoms with Crippen LogP contribution in [0.4, 0.5) is 0 Å². The molecule has 2 aliphatic heterocycles. The quantitative estimate of drug-likeness (QED) is 0.546. The Morgan fingerprint density at radius 2 is 1.89 bits per heavy atom. The van der Waals surface area contributed by atoms with Crippen molar-refractivity contribution in [2.75, 3.05) is 40.5 Å². The molecule has 190 valence electrons. The number of fused-ring (bicyclic) bond motifs is 5. The lowest BCUT2D eigenvalue weighted by Gasteiger charge is -2.51. The van der Waals surface area contributed by atoms with Gasteiger partial charge in [-0.05, 0) is 50.1 Å². The van der Waals surface area contributed by atoms with Crippen LogP contribution < -0.4 is 9.47 Å². The highest BCUT2D eigenvalue weighted by Gasteiger charge is 2.56. The number of aromatic nitrogens is 1. The van der Waals surface area contributed by atoms with E-state index < -0.39 is 5.54 Å². The number of rotatable bonds is 7. The van der Waals surface area contributed by atoms with Crippen LogP contribution >= 0.6 is 0 Å². The van der Waals surface area contributed by atoms with Crippen LogP contribution in [0.2, 0.25) is 0 Å². The van der Waals surface area contributed by atoms with Crippen LogP contribution in [0.5, 0.6) is 11.5 Å². The molecule has 1 unspecified atom stereocenters. The van der Waals surface area contributed by atoms with Gasteiger partial charge in [0.25, 0.3) is 5.91 Å². The van der Waals surface area contributed by atoms with Gasteiger partial charge in [0.15, 0.2) is 17.0 Å². The largest absolute Gasteiger partial charge is 0.493 e. The number of carbonyl (C=O) groups excluding carboxylic acids is 2. The number of hydrogen-bond donors (Lipinski definition) is 1. The molecular formula is C28H33N3O5. The van der Waals surface area contributed by atoms with Gasteiger partial charge >= 0.3 is 0 Å². The minimum atomic E-state index is -1.13. The van der Waals surface area contributed by atoms with Gasteiger partial charge in [-0.25, -0.2) is 0 Å². The Balaban J connectivity index is 1.67. The number of nitrogens with one attached hydrogen (secondary N) is 1. The van der Waals surface area contributed by atoms with Crippen molar-refractivity contribution in [3.63, 3.8) is 0 Å². The predicted molar refractivity (Wildman–Crippen MR) is 136 cm³/mol. The highest BCUT2D eigenvalue weighted by Crippen LogP contribution is 2.48. The molecule has 2 aliphatic rings. The molecule has 1 fully saturated rings. The summed E-state index contributed by atoms with van der Waals surface area (Å²) >= 11 is 0. The lowest BCUT2D eigenvalue weighted by Crippen LogP contribution is -2.67. The maximum Gasteiger partial charge on any atom is 0.255 e. The van der Waals surface area contributed by atoms with Crippen molar-refractivity contribution in [3.05, 3.63) is 59.3 Å². The van der Waals surface area contributed by atoms with Crippen molar-refractivity contribution in [2.24, 2.45) is 0 Å². The van der Waals surface area contributed by atoms with Crippen molar-refractivity contribution in [2.45, 2.75) is 38.3 Å². The molecule has 0 bridgehead atoms. The topological polar surface area (TPSA) is 84.1 Å². The first-order valence-corrected chi connectivity index (χ1v) is 12.3. The summed E-state index contributed by atoms with van der Waals surface area (Å²) in [4.78, 5) is 34.2. The number of ether oxygens (including phenoxy) is 3. The number of benzene rings is 2. The Hall–Kier alpha value is -3.52. The molecule has 0 aliphatic carbocycles. The van der Waals surface area contributed by atoms with Gasteiger partial charge in [-0.15, -0.1) is 0 Å². The summed E-state index contributed by atoms with van der Waals surface area (Å²) in [5.74, 6) is 1.00. The fourth-order valence-corrected chi connectivity index (χ4v) is 5.61. The Morgan fingerprint density at radius 3 is 2.61 bits per heavy atom. The van der Waals surface area contributed by atoms with E-state index in [9.17, 15) is 9.59 Å². The minimum Gasteiger partial charge on any atom is -0.493 e. The van der Waals surface area contributed by atoms with E-state index in [0.29, 0.717) is 31.2 Å². The fraction of sp³-hybridized carbons (Fsp3) is 0.429. The molecule has 2 aromatic carbocycles. The summed E-state index contributed by atoms with van der Waals surface area (Å²) in [6.07, 6.45) is 0.0124. The summed E-state index contributed by atoms with van der Waals surface area (Å²) < 4.78 is 16.8. The second-order valence-corrected chi connectivity index (χ2v) is 9.88. The highest BCUT2D eigenvalue weighted by molar-refractivity contribution is 6.01. The molecule has 1 aromatic heterocycles. The van der Waals surface area contributed by atoms with E-state index >= 15 is 0 Å². The standard InChI is InChI=1S/C28H33N3O5/c1-17(2)36-22-11-10-18(14-23(22)35-5)20-15-31-24(32)16-30(12-13-34-4)27(33)28(31,3)26-25(20)19-8-6-7-9-21(19)29-26/h6-11,14,17,20,29H,12-13,15-16H2,1-5H3/t20?,28-/m0/s1. The monoisotopic (exact) mass is 491 g/mol. The van der Waals surface area contributed by atoms with E-state index in [-0.39, 0.29) is 30.4 Å². The van der Waals surface area contributed by atoms with Crippen LogP contribution in [0, 0.1) is 0 Å². The van der Waals surface area contributed by atoms with Gasteiger partial charge < -0.3 is 29.0 Å². The zero-order valence-electron chi connectivity index (χ0n) is 21.5. The van der Waals surface area contributed by atoms with Crippen LogP contribution in [-0.4, -0.2) is 73.2 Å².